The zero-order valence-electron chi connectivity index (χ0n) is 19.3. The predicted octanol–water partition coefficient (Wildman–Crippen LogP) is 5.18. The molecule has 7 nitrogen and oxygen atoms in total. The number of nitrogens with one attached hydrogen (secondary N) is 2. The number of nitrogens with zero attached hydrogens (tertiary/aromatic N) is 1. The van der Waals surface area contributed by atoms with Crippen LogP contribution in [-0.2, 0) is 4.79 Å². The highest BCUT2D eigenvalue weighted by atomic mass is 19.1. The standard InChI is InChI=1S/C25H32FN3O4/c1-4-16(15-23(30)31)17-7-12-21(29-13-5-6-22(29)25(2,3)33)20(14-17)28-24(32)27-19-10-8-18(26)9-11-19/h7-12,14,16,22,33H,4-6,13,15H2,1-3H3,(H,30,31)(H2,27,28,32)/t16?,22-/m1/s1. The van der Waals surface area contributed by atoms with Crippen LogP contribution in [0.15, 0.2) is 42.5 Å². The summed E-state index contributed by atoms with van der Waals surface area (Å²) in [7, 11) is 0. The summed E-state index contributed by atoms with van der Waals surface area (Å²) in [5.41, 5.74) is 1.63. The third kappa shape index (κ3) is 6.22. The van der Waals surface area contributed by atoms with Gasteiger partial charge >= 0.3 is 12.0 Å². The number of hydrogen-bond acceptors (Lipinski definition) is 4. The summed E-state index contributed by atoms with van der Waals surface area (Å²) >= 11 is 0. The third-order valence-corrected chi connectivity index (χ3v) is 6.13. The first kappa shape index (κ1) is 24.5. The molecule has 0 aliphatic carbocycles. The minimum absolute atomic E-state index is 0.00687. The van der Waals surface area contributed by atoms with Gasteiger partial charge in [0, 0.05) is 12.2 Å². The number of amides is 2. The van der Waals surface area contributed by atoms with Gasteiger partial charge in [-0.05, 0) is 81.0 Å². The van der Waals surface area contributed by atoms with Crippen LogP contribution in [0.25, 0.3) is 0 Å². The third-order valence-electron chi connectivity index (χ3n) is 6.13. The lowest BCUT2D eigenvalue weighted by Crippen LogP contribution is -2.46. The van der Waals surface area contributed by atoms with Crippen LogP contribution in [0.5, 0.6) is 0 Å². The number of rotatable bonds is 8. The predicted molar refractivity (Wildman–Crippen MR) is 127 cm³/mol. The summed E-state index contributed by atoms with van der Waals surface area (Å²) in [4.78, 5) is 26.2. The van der Waals surface area contributed by atoms with E-state index in [1.807, 2.05) is 25.1 Å². The normalized spacial score (nSPS) is 17.0. The van der Waals surface area contributed by atoms with Crippen molar-refractivity contribution in [1.29, 1.82) is 0 Å². The molecule has 0 spiro atoms. The molecule has 2 atom stereocenters. The monoisotopic (exact) mass is 457 g/mol. The fourth-order valence-corrected chi connectivity index (χ4v) is 4.47. The van der Waals surface area contributed by atoms with Gasteiger partial charge in [-0.3, -0.25) is 4.79 Å². The molecule has 1 aliphatic heterocycles. The number of benzene rings is 2. The number of hydrogen-bond donors (Lipinski definition) is 4. The zero-order valence-corrected chi connectivity index (χ0v) is 19.3. The number of aliphatic carboxylic acids is 1. The second-order valence-electron chi connectivity index (χ2n) is 9.07. The van der Waals surface area contributed by atoms with E-state index in [4.69, 9.17) is 0 Å². The molecule has 4 N–H and O–H groups in total. The van der Waals surface area contributed by atoms with Crippen molar-refractivity contribution in [3.63, 3.8) is 0 Å². The van der Waals surface area contributed by atoms with E-state index in [9.17, 15) is 24.2 Å². The molecule has 1 saturated heterocycles. The van der Waals surface area contributed by atoms with Gasteiger partial charge in [-0.25, -0.2) is 9.18 Å². The summed E-state index contributed by atoms with van der Waals surface area (Å²) in [6.07, 6.45) is 2.37. The molecule has 2 aromatic carbocycles. The Labute approximate surface area is 193 Å². The summed E-state index contributed by atoms with van der Waals surface area (Å²) in [6.45, 7) is 6.21. The first-order chi connectivity index (χ1) is 15.6. The highest BCUT2D eigenvalue weighted by Crippen LogP contribution is 2.38. The van der Waals surface area contributed by atoms with Crippen molar-refractivity contribution in [2.24, 2.45) is 0 Å². The number of carboxylic acid groups (broad SMARTS) is 1. The summed E-state index contributed by atoms with van der Waals surface area (Å²) < 4.78 is 13.2. The molecule has 0 bridgehead atoms. The van der Waals surface area contributed by atoms with Gasteiger partial charge < -0.3 is 25.7 Å². The van der Waals surface area contributed by atoms with Gasteiger partial charge in [-0.15, -0.1) is 0 Å². The molecule has 1 aliphatic rings. The maximum Gasteiger partial charge on any atom is 0.323 e. The Morgan fingerprint density at radius 2 is 1.88 bits per heavy atom. The molecule has 0 aromatic heterocycles. The molecule has 1 fully saturated rings. The van der Waals surface area contributed by atoms with Gasteiger partial charge in [-0.1, -0.05) is 13.0 Å². The summed E-state index contributed by atoms with van der Waals surface area (Å²) in [5, 5.41) is 25.5. The maximum atomic E-state index is 13.2. The minimum atomic E-state index is -0.932. The van der Waals surface area contributed by atoms with Crippen LogP contribution in [0.1, 0.15) is 57.9 Å². The first-order valence-corrected chi connectivity index (χ1v) is 11.3. The number of aliphatic hydroxyl groups is 1. The van der Waals surface area contributed by atoms with Gasteiger partial charge in [0.15, 0.2) is 0 Å². The van der Waals surface area contributed by atoms with Crippen molar-refractivity contribution in [1.82, 2.24) is 0 Å². The Balaban J connectivity index is 1.94. The van der Waals surface area contributed by atoms with Crippen molar-refractivity contribution >= 4 is 29.1 Å². The number of halogens is 1. The molecule has 2 aromatic rings. The van der Waals surface area contributed by atoms with Gasteiger partial charge in [-0.2, -0.15) is 0 Å². The van der Waals surface area contributed by atoms with E-state index in [-0.39, 0.29) is 18.4 Å². The van der Waals surface area contributed by atoms with Crippen molar-refractivity contribution < 1.29 is 24.2 Å². The Kier molecular flexibility index (Phi) is 7.58. The SMILES string of the molecule is CCC(CC(=O)O)c1ccc(N2CCC[C@@H]2C(C)(C)O)c(NC(=O)Nc2ccc(F)cc2)c1. The molecule has 0 saturated carbocycles. The molecule has 3 rings (SSSR count). The van der Waals surface area contributed by atoms with Gasteiger partial charge in [0.2, 0.25) is 0 Å². The lowest BCUT2D eigenvalue weighted by molar-refractivity contribution is -0.137. The average molecular weight is 458 g/mol. The number of carboxylic acids is 1. The molecular formula is C25H32FN3O4. The lowest BCUT2D eigenvalue weighted by atomic mass is 9.92. The van der Waals surface area contributed by atoms with Crippen LogP contribution in [0.2, 0.25) is 0 Å². The van der Waals surface area contributed by atoms with E-state index in [1.165, 1.54) is 24.3 Å². The zero-order chi connectivity index (χ0) is 24.2. The molecule has 2 amide bonds. The molecule has 33 heavy (non-hydrogen) atoms. The van der Waals surface area contributed by atoms with Crippen LogP contribution in [-0.4, -0.2) is 40.4 Å². The molecule has 8 heteroatoms. The molecule has 0 radical (unpaired) electrons. The van der Waals surface area contributed by atoms with Crippen molar-refractivity contribution in [2.75, 3.05) is 22.1 Å². The largest absolute Gasteiger partial charge is 0.481 e. The van der Waals surface area contributed by atoms with E-state index < -0.39 is 23.4 Å². The summed E-state index contributed by atoms with van der Waals surface area (Å²) in [6, 6.07) is 10.4. The van der Waals surface area contributed by atoms with Crippen molar-refractivity contribution in [2.45, 2.75) is 64.0 Å². The van der Waals surface area contributed by atoms with E-state index in [2.05, 4.69) is 15.5 Å². The topological polar surface area (TPSA) is 102 Å². The number of carbonyl (C=O) groups is 2. The fraction of sp³-hybridized carbons (Fsp3) is 0.440. The Morgan fingerprint density at radius 1 is 1.18 bits per heavy atom. The van der Waals surface area contributed by atoms with Crippen LogP contribution in [0.3, 0.4) is 0 Å². The number of urea groups is 1. The second-order valence-corrected chi connectivity index (χ2v) is 9.07. The number of anilines is 3. The van der Waals surface area contributed by atoms with Crippen LogP contribution >= 0.6 is 0 Å². The highest BCUT2D eigenvalue weighted by Gasteiger charge is 2.37. The van der Waals surface area contributed by atoms with E-state index in [0.29, 0.717) is 17.8 Å². The fourth-order valence-electron chi connectivity index (χ4n) is 4.47. The van der Waals surface area contributed by atoms with Crippen molar-refractivity contribution in [3.8, 4) is 0 Å². The van der Waals surface area contributed by atoms with Gasteiger partial charge in [0.25, 0.3) is 0 Å². The Morgan fingerprint density at radius 3 is 2.48 bits per heavy atom. The lowest BCUT2D eigenvalue weighted by Gasteiger charge is -2.36. The van der Waals surface area contributed by atoms with E-state index in [1.54, 1.807) is 13.8 Å². The van der Waals surface area contributed by atoms with E-state index in [0.717, 1.165) is 30.6 Å². The molecule has 178 valence electrons. The van der Waals surface area contributed by atoms with Gasteiger partial charge in [0.1, 0.15) is 5.82 Å². The van der Waals surface area contributed by atoms with E-state index >= 15 is 0 Å². The molecular weight excluding hydrogens is 425 g/mol. The molecule has 1 unspecified atom stereocenters. The Hall–Kier alpha value is -3.13. The highest BCUT2D eigenvalue weighted by molar-refractivity contribution is 6.02. The first-order valence-electron chi connectivity index (χ1n) is 11.3. The minimum Gasteiger partial charge on any atom is -0.481 e. The van der Waals surface area contributed by atoms with Crippen molar-refractivity contribution in [3.05, 3.63) is 53.8 Å². The smallest absolute Gasteiger partial charge is 0.323 e. The average Bonchev–Trinajstić information content (AvgIpc) is 3.24. The van der Waals surface area contributed by atoms with Crippen LogP contribution < -0.4 is 15.5 Å². The number of carbonyl (C=O) groups excluding carboxylic acids is 1. The Bertz CT molecular complexity index is 988. The van der Waals surface area contributed by atoms with Crippen LogP contribution in [0.4, 0.5) is 26.2 Å². The molecule has 1 heterocycles. The van der Waals surface area contributed by atoms with Crippen LogP contribution in [0, 0.1) is 5.82 Å². The summed E-state index contributed by atoms with van der Waals surface area (Å²) in [5.74, 6) is -1.47. The maximum absolute atomic E-state index is 13.2. The quantitative estimate of drug-likeness (QED) is 0.438. The van der Waals surface area contributed by atoms with Gasteiger partial charge in [0.05, 0.1) is 29.4 Å². The second kappa shape index (κ2) is 10.2.